The summed E-state index contributed by atoms with van der Waals surface area (Å²) in [5.41, 5.74) is 6.76. The highest BCUT2D eigenvalue weighted by atomic mass is 16.5. The Hall–Kier alpha value is -2.12. The molecule has 0 unspecified atom stereocenters. The Morgan fingerprint density at radius 1 is 1.38 bits per heavy atom. The summed E-state index contributed by atoms with van der Waals surface area (Å²) in [4.78, 5) is 26.4. The van der Waals surface area contributed by atoms with E-state index in [0.29, 0.717) is 51.4 Å². The zero-order chi connectivity index (χ0) is 17.0. The minimum atomic E-state index is -0.573. The van der Waals surface area contributed by atoms with Crippen molar-refractivity contribution in [3.8, 4) is 0 Å². The van der Waals surface area contributed by atoms with Gasteiger partial charge in [0.15, 0.2) is 0 Å². The molecule has 0 spiro atoms. The van der Waals surface area contributed by atoms with E-state index in [1.54, 1.807) is 4.90 Å². The molecule has 130 valence electrons. The molecule has 1 aromatic carbocycles. The number of carbonyl (C=O) groups excluding carboxylic acids is 2. The quantitative estimate of drug-likeness (QED) is 0.774. The first-order chi connectivity index (χ1) is 11.6. The molecule has 2 saturated heterocycles. The normalized spacial score (nSPS) is 20.4. The minimum Gasteiger partial charge on any atom is -0.381 e. The first-order valence-electron chi connectivity index (χ1n) is 8.39. The summed E-state index contributed by atoms with van der Waals surface area (Å²) in [6.45, 7) is 2.79. The van der Waals surface area contributed by atoms with Crippen molar-refractivity contribution in [1.82, 2.24) is 5.32 Å². The van der Waals surface area contributed by atoms with Gasteiger partial charge in [0.2, 0.25) is 5.91 Å². The summed E-state index contributed by atoms with van der Waals surface area (Å²) < 4.78 is 5.35. The molecule has 4 N–H and O–H groups in total. The fraction of sp³-hybridized carbons (Fsp3) is 0.529. The third kappa shape index (κ3) is 3.37. The molecule has 7 heteroatoms. The van der Waals surface area contributed by atoms with E-state index in [9.17, 15) is 9.59 Å². The lowest BCUT2D eigenvalue weighted by Gasteiger charge is -2.34. The predicted molar refractivity (Wildman–Crippen MR) is 92.0 cm³/mol. The highest BCUT2D eigenvalue weighted by Gasteiger charge is 2.38. The van der Waals surface area contributed by atoms with Gasteiger partial charge in [0, 0.05) is 44.2 Å². The van der Waals surface area contributed by atoms with Crippen LogP contribution < -0.4 is 21.3 Å². The molecule has 1 aromatic rings. The fourth-order valence-corrected chi connectivity index (χ4v) is 3.18. The lowest BCUT2D eigenvalue weighted by Crippen LogP contribution is -2.47. The van der Waals surface area contributed by atoms with Crippen LogP contribution in [0.4, 0.5) is 16.2 Å². The molecule has 0 bridgehead atoms. The van der Waals surface area contributed by atoms with Crippen LogP contribution in [0.1, 0.15) is 19.3 Å². The first kappa shape index (κ1) is 16.7. The van der Waals surface area contributed by atoms with Gasteiger partial charge in [-0.2, -0.15) is 0 Å². The van der Waals surface area contributed by atoms with E-state index >= 15 is 0 Å². The molecule has 0 atom stereocenters. The van der Waals surface area contributed by atoms with Crippen molar-refractivity contribution in [3.05, 3.63) is 24.3 Å². The van der Waals surface area contributed by atoms with Gasteiger partial charge in [0.1, 0.15) is 0 Å². The number of carbonyl (C=O) groups is 2. The van der Waals surface area contributed by atoms with E-state index in [1.807, 2.05) is 24.3 Å². The maximum Gasteiger partial charge on any atom is 0.321 e. The van der Waals surface area contributed by atoms with Crippen molar-refractivity contribution >= 4 is 23.3 Å². The number of hydrogen-bond donors (Lipinski definition) is 3. The second kappa shape index (κ2) is 7.19. The average Bonchev–Trinajstić information content (AvgIpc) is 2.63. The molecule has 0 aromatic heterocycles. The van der Waals surface area contributed by atoms with Gasteiger partial charge in [-0.25, -0.2) is 4.79 Å². The fourth-order valence-electron chi connectivity index (χ4n) is 3.18. The van der Waals surface area contributed by atoms with Crippen molar-refractivity contribution < 1.29 is 14.3 Å². The van der Waals surface area contributed by atoms with Crippen molar-refractivity contribution in [2.24, 2.45) is 11.1 Å². The van der Waals surface area contributed by atoms with Crippen molar-refractivity contribution in [1.29, 1.82) is 0 Å². The molecule has 24 heavy (non-hydrogen) atoms. The van der Waals surface area contributed by atoms with E-state index in [-0.39, 0.29) is 11.9 Å². The lowest BCUT2D eigenvalue weighted by molar-refractivity contribution is -0.130. The standard InChI is InChI=1S/C17H24N4O3/c18-12-17(5-9-24-10-6-17)15(22)20-13-3-1-4-14(11-13)21-8-2-7-19-16(21)23/h1,3-4,11H,2,5-10,12,18H2,(H,19,23)(H,20,22). The third-order valence-corrected chi connectivity index (χ3v) is 4.82. The zero-order valence-corrected chi connectivity index (χ0v) is 13.7. The van der Waals surface area contributed by atoms with E-state index in [4.69, 9.17) is 10.5 Å². The highest BCUT2D eigenvalue weighted by molar-refractivity contribution is 5.97. The Labute approximate surface area is 141 Å². The van der Waals surface area contributed by atoms with Gasteiger partial charge in [-0.1, -0.05) is 6.07 Å². The molecule has 0 radical (unpaired) electrons. The molecule has 0 saturated carbocycles. The summed E-state index contributed by atoms with van der Waals surface area (Å²) in [5, 5.41) is 5.79. The third-order valence-electron chi connectivity index (χ3n) is 4.82. The summed E-state index contributed by atoms with van der Waals surface area (Å²) >= 11 is 0. The van der Waals surface area contributed by atoms with Gasteiger partial charge in [-0.15, -0.1) is 0 Å². The molecular weight excluding hydrogens is 308 g/mol. The van der Waals surface area contributed by atoms with Gasteiger partial charge in [-0.3, -0.25) is 9.69 Å². The van der Waals surface area contributed by atoms with Gasteiger partial charge >= 0.3 is 6.03 Å². The molecule has 3 amide bonds. The van der Waals surface area contributed by atoms with Crippen LogP contribution in [0.2, 0.25) is 0 Å². The van der Waals surface area contributed by atoms with E-state index in [2.05, 4.69) is 10.6 Å². The maximum absolute atomic E-state index is 12.7. The number of ether oxygens (including phenoxy) is 1. The second-order valence-corrected chi connectivity index (χ2v) is 6.34. The minimum absolute atomic E-state index is 0.0754. The van der Waals surface area contributed by atoms with Gasteiger partial charge < -0.3 is 21.1 Å². The van der Waals surface area contributed by atoms with Gasteiger partial charge in [-0.05, 0) is 37.5 Å². The number of urea groups is 1. The Kier molecular flexibility index (Phi) is 5.01. The van der Waals surface area contributed by atoms with Crippen LogP contribution in [0.25, 0.3) is 0 Å². The summed E-state index contributed by atoms with van der Waals surface area (Å²) in [7, 11) is 0. The Balaban J connectivity index is 1.74. The van der Waals surface area contributed by atoms with Crippen LogP contribution in [-0.4, -0.2) is 44.8 Å². The van der Waals surface area contributed by atoms with E-state index in [1.165, 1.54) is 0 Å². The first-order valence-corrected chi connectivity index (χ1v) is 8.39. The SMILES string of the molecule is NCC1(C(=O)Nc2cccc(N3CCCNC3=O)c2)CCOCC1. The van der Waals surface area contributed by atoms with Crippen LogP contribution in [-0.2, 0) is 9.53 Å². The summed E-state index contributed by atoms with van der Waals surface area (Å²) in [5.74, 6) is -0.0754. The number of nitrogens with zero attached hydrogens (tertiary/aromatic N) is 1. The predicted octanol–water partition coefficient (Wildman–Crippen LogP) is 1.30. The Morgan fingerprint density at radius 2 is 2.17 bits per heavy atom. The summed E-state index contributed by atoms with van der Waals surface area (Å²) in [6, 6.07) is 7.26. The molecule has 2 heterocycles. The Bertz CT molecular complexity index is 614. The molecule has 2 aliphatic rings. The number of anilines is 2. The van der Waals surface area contributed by atoms with Crippen LogP contribution in [0.3, 0.4) is 0 Å². The monoisotopic (exact) mass is 332 g/mol. The number of benzene rings is 1. The van der Waals surface area contributed by atoms with E-state index < -0.39 is 5.41 Å². The van der Waals surface area contributed by atoms with Crippen LogP contribution in [0.15, 0.2) is 24.3 Å². The zero-order valence-electron chi connectivity index (χ0n) is 13.7. The second-order valence-electron chi connectivity index (χ2n) is 6.34. The lowest BCUT2D eigenvalue weighted by atomic mass is 9.79. The molecule has 7 nitrogen and oxygen atoms in total. The highest BCUT2D eigenvalue weighted by Crippen LogP contribution is 2.31. The smallest absolute Gasteiger partial charge is 0.321 e. The molecular formula is C17H24N4O3. The number of nitrogens with one attached hydrogen (secondary N) is 2. The molecule has 3 rings (SSSR count). The molecule has 0 aliphatic carbocycles. The van der Waals surface area contributed by atoms with Gasteiger partial charge in [0.25, 0.3) is 0 Å². The van der Waals surface area contributed by atoms with Crippen molar-refractivity contribution in [3.63, 3.8) is 0 Å². The number of nitrogens with two attached hydrogens (primary N) is 1. The molecule has 2 aliphatic heterocycles. The van der Waals surface area contributed by atoms with Crippen LogP contribution in [0.5, 0.6) is 0 Å². The largest absolute Gasteiger partial charge is 0.381 e. The average molecular weight is 332 g/mol. The topological polar surface area (TPSA) is 96.7 Å². The van der Waals surface area contributed by atoms with Crippen molar-refractivity contribution in [2.75, 3.05) is 43.1 Å². The Morgan fingerprint density at radius 3 is 2.88 bits per heavy atom. The summed E-state index contributed by atoms with van der Waals surface area (Å²) in [6.07, 6.45) is 2.16. The van der Waals surface area contributed by atoms with Gasteiger partial charge in [0.05, 0.1) is 5.41 Å². The number of amides is 3. The van der Waals surface area contributed by atoms with Crippen LogP contribution >= 0.6 is 0 Å². The van der Waals surface area contributed by atoms with Crippen molar-refractivity contribution in [2.45, 2.75) is 19.3 Å². The number of hydrogen-bond acceptors (Lipinski definition) is 4. The number of rotatable bonds is 4. The van der Waals surface area contributed by atoms with E-state index in [0.717, 1.165) is 12.1 Å². The van der Waals surface area contributed by atoms with Crippen LogP contribution in [0, 0.1) is 5.41 Å². The maximum atomic E-state index is 12.7. The molecule has 2 fully saturated rings.